The van der Waals surface area contributed by atoms with Gasteiger partial charge in [0, 0.05) is 30.8 Å². The number of benzene rings is 1. The highest BCUT2D eigenvalue weighted by molar-refractivity contribution is 6.09. The predicted octanol–water partition coefficient (Wildman–Crippen LogP) is 2.33. The number of pyridine rings is 1. The van der Waals surface area contributed by atoms with Crippen molar-refractivity contribution in [2.24, 2.45) is 7.05 Å². The van der Waals surface area contributed by atoms with Gasteiger partial charge in [-0.25, -0.2) is 0 Å². The first-order chi connectivity index (χ1) is 10.5. The number of hydrogen-bond acceptors (Lipinski definition) is 4. The van der Waals surface area contributed by atoms with Gasteiger partial charge in [0.2, 0.25) is 0 Å². The Balaban J connectivity index is 2.56. The Kier molecular flexibility index (Phi) is 4.65. The highest BCUT2D eigenvalue weighted by Crippen LogP contribution is 2.26. The number of carbonyl (C=O) groups is 1. The zero-order valence-electron chi connectivity index (χ0n) is 13.0. The second-order valence-corrected chi connectivity index (χ2v) is 5.22. The molecule has 2 rings (SSSR count). The van der Waals surface area contributed by atoms with E-state index in [-0.39, 0.29) is 11.3 Å². The van der Waals surface area contributed by atoms with Crippen LogP contribution in [0.3, 0.4) is 0 Å². The van der Waals surface area contributed by atoms with Gasteiger partial charge in [-0.05, 0) is 25.5 Å². The third-order valence-electron chi connectivity index (χ3n) is 3.52. The molecule has 0 saturated carbocycles. The number of fused-ring (bicyclic) bond motifs is 1. The van der Waals surface area contributed by atoms with Crippen molar-refractivity contribution < 1.29 is 9.90 Å². The number of ketones is 1. The van der Waals surface area contributed by atoms with Crippen LogP contribution in [0.15, 0.2) is 40.8 Å². The standard InChI is InChI=1S/C17H20N2O3/c1-4-9-18-11(2)10-14(20)15-16(21)12-7-5-6-8-13(12)19(3)17(15)22/h5-8,10,18,21H,4,9H2,1-3H3. The van der Waals surface area contributed by atoms with Gasteiger partial charge >= 0.3 is 0 Å². The first kappa shape index (κ1) is 15.8. The van der Waals surface area contributed by atoms with Crippen molar-refractivity contribution >= 4 is 16.7 Å². The molecule has 0 atom stereocenters. The van der Waals surface area contributed by atoms with Crippen molar-refractivity contribution in [3.05, 3.63) is 52.0 Å². The molecule has 5 nitrogen and oxygen atoms in total. The molecular formula is C17H20N2O3. The molecule has 0 aliphatic carbocycles. The van der Waals surface area contributed by atoms with Gasteiger partial charge in [-0.1, -0.05) is 19.1 Å². The molecule has 5 heteroatoms. The molecule has 0 saturated heterocycles. The first-order valence-corrected chi connectivity index (χ1v) is 7.24. The van der Waals surface area contributed by atoms with Crippen molar-refractivity contribution in [3.8, 4) is 5.75 Å². The Morgan fingerprint density at radius 2 is 2.05 bits per heavy atom. The Morgan fingerprint density at radius 3 is 2.73 bits per heavy atom. The topological polar surface area (TPSA) is 71.3 Å². The van der Waals surface area contributed by atoms with E-state index in [1.807, 2.05) is 6.92 Å². The van der Waals surface area contributed by atoms with Crippen LogP contribution in [0.5, 0.6) is 5.75 Å². The van der Waals surface area contributed by atoms with Crippen molar-refractivity contribution in [1.82, 2.24) is 9.88 Å². The van der Waals surface area contributed by atoms with E-state index in [0.717, 1.165) is 13.0 Å². The Hall–Kier alpha value is -2.56. The summed E-state index contributed by atoms with van der Waals surface area (Å²) < 4.78 is 1.38. The SMILES string of the molecule is CCCNC(C)=CC(=O)c1c(O)c2ccccc2n(C)c1=O. The number of aromatic hydroxyl groups is 1. The zero-order valence-corrected chi connectivity index (χ0v) is 13.0. The molecule has 22 heavy (non-hydrogen) atoms. The molecule has 0 amide bonds. The van der Waals surface area contributed by atoms with E-state index in [0.29, 0.717) is 16.6 Å². The van der Waals surface area contributed by atoms with Gasteiger partial charge in [-0.15, -0.1) is 0 Å². The molecule has 2 N–H and O–H groups in total. The maximum atomic E-state index is 12.4. The molecule has 1 heterocycles. The number of nitrogens with one attached hydrogen (secondary N) is 1. The van der Waals surface area contributed by atoms with E-state index in [4.69, 9.17) is 0 Å². The molecule has 0 fully saturated rings. The normalized spacial score (nSPS) is 11.7. The van der Waals surface area contributed by atoms with Crippen LogP contribution < -0.4 is 10.9 Å². The molecule has 2 aromatic rings. The largest absolute Gasteiger partial charge is 0.506 e. The van der Waals surface area contributed by atoms with Crippen molar-refractivity contribution in [1.29, 1.82) is 0 Å². The lowest BCUT2D eigenvalue weighted by atomic mass is 10.1. The molecule has 1 aromatic carbocycles. The van der Waals surface area contributed by atoms with Crippen LogP contribution in [-0.2, 0) is 7.05 Å². The fourth-order valence-corrected chi connectivity index (χ4v) is 2.34. The summed E-state index contributed by atoms with van der Waals surface area (Å²) >= 11 is 0. The minimum atomic E-state index is -0.499. The van der Waals surface area contributed by atoms with E-state index < -0.39 is 11.3 Å². The second kappa shape index (κ2) is 6.47. The van der Waals surface area contributed by atoms with Gasteiger partial charge in [0.15, 0.2) is 5.78 Å². The van der Waals surface area contributed by atoms with E-state index in [2.05, 4.69) is 5.32 Å². The molecule has 0 unspecified atom stereocenters. The fourth-order valence-electron chi connectivity index (χ4n) is 2.34. The van der Waals surface area contributed by atoms with E-state index >= 15 is 0 Å². The Bertz CT molecular complexity index is 803. The zero-order chi connectivity index (χ0) is 16.3. The van der Waals surface area contributed by atoms with Crippen LogP contribution in [0, 0.1) is 0 Å². The van der Waals surface area contributed by atoms with Gasteiger partial charge in [-0.3, -0.25) is 9.59 Å². The molecule has 0 bridgehead atoms. The summed E-state index contributed by atoms with van der Waals surface area (Å²) in [4.78, 5) is 24.7. The summed E-state index contributed by atoms with van der Waals surface area (Å²) in [6, 6.07) is 6.95. The minimum Gasteiger partial charge on any atom is -0.506 e. The summed E-state index contributed by atoms with van der Waals surface area (Å²) in [7, 11) is 1.59. The van der Waals surface area contributed by atoms with Crippen LogP contribution >= 0.6 is 0 Å². The second-order valence-electron chi connectivity index (χ2n) is 5.22. The summed E-state index contributed by atoms with van der Waals surface area (Å²) in [5.41, 5.74) is 0.562. The van der Waals surface area contributed by atoms with Crippen LogP contribution in [0.1, 0.15) is 30.6 Å². The minimum absolute atomic E-state index is 0.196. The number of nitrogens with zero attached hydrogens (tertiary/aromatic N) is 1. The number of aromatic nitrogens is 1. The maximum Gasteiger partial charge on any atom is 0.265 e. The Morgan fingerprint density at radius 1 is 1.36 bits per heavy atom. The van der Waals surface area contributed by atoms with Gasteiger partial charge in [0.1, 0.15) is 11.3 Å². The lowest BCUT2D eigenvalue weighted by Crippen LogP contribution is -2.25. The highest BCUT2D eigenvalue weighted by atomic mass is 16.3. The first-order valence-electron chi connectivity index (χ1n) is 7.24. The van der Waals surface area contributed by atoms with Crippen molar-refractivity contribution in [2.45, 2.75) is 20.3 Å². The number of para-hydroxylation sites is 1. The quantitative estimate of drug-likeness (QED) is 0.657. The van der Waals surface area contributed by atoms with E-state index in [1.165, 1.54) is 10.6 Å². The number of rotatable bonds is 5. The van der Waals surface area contributed by atoms with Crippen LogP contribution in [0.25, 0.3) is 10.9 Å². The summed E-state index contributed by atoms with van der Waals surface area (Å²) in [6.07, 6.45) is 2.28. The third kappa shape index (κ3) is 2.88. The number of aryl methyl sites for hydroxylation is 1. The molecule has 0 radical (unpaired) electrons. The summed E-state index contributed by atoms with van der Waals surface area (Å²) in [5, 5.41) is 13.9. The van der Waals surface area contributed by atoms with Gasteiger partial charge in [-0.2, -0.15) is 0 Å². The van der Waals surface area contributed by atoms with Crippen LogP contribution in [-0.4, -0.2) is 22.0 Å². The summed E-state index contributed by atoms with van der Waals surface area (Å²) in [5.74, 6) is -0.756. The van der Waals surface area contributed by atoms with Crippen molar-refractivity contribution in [2.75, 3.05) is 6.54 Å². The molecule has 116 valence electrons. The molecular weight excluding hydrogens is 280 g/mol. The Labute approximate surface area is 128 Å². The maximum absolute atomic E-state index is 12.4. The lowest BCUT2D eigenvalue weighted by molar-refractivity contribution is 0.104. The average molecular weight is 300 g/mol. The fraction of sp³-hybridized carbons (Fsp3) is 0.294. The monoisotopic (exact) mass is 300 g/mol. The highest BCUT2D eigenvalue weighted by Gasteiger charge is 2.19. The van der Waals surface area contributed by atoms with E-state index in [9.17, 15) is 14.7 Å². The number of carbonyl (C=O) groups excluding carboxylic acids is 1. The van der Waals surface area contributed by atoms with Crippen molar-refractivity contribution in [3.63, 3.8) is 0 Å². The lowest BCUT2D eigenvalue weighted by Gasteiger charge is -2.10. The molecule has 1 aromatic heterocycles. The smallest absolute Gasteiger partial charge is 0.265 e. The van der Waals surface area contributed by atoms with E-state index in [1.54, 1.807) is 38.2 Å². The molecule has 0 spiro atoms. The van der Waals surface area contributed by atoms with Crippen LogP contribution in [0.2, 0.25) is 0 Å². The third-order valence-corrected chi connectivity index (χ3v) is 3.52. The predicted molar refractivity (Wildman–Crippen MR) is 87.2 cm³/mol. The summed E-state index contributed by atoms with van der Waals surface area (Å²) in [6.45, 7) is 4.53. The van der Waals surface area contributed by atoms with Gasteiger partial charge in [0.05, 0.1) is 5.52 Å². The van der Waals surface area contributed by atoms with Crippen LogP contribution in [0.4, 0.5) is 0 Å². The molecule has 0 aliphatic heterocycles. The van der Waals surface area contributed by atoms with Gasteiger partial charge in [0.25, 0.3) is 5.56 Å². The average Bonchev–Trinajstić information content (AvgIpc) is 2.51. The van der Waals surface area contributed by atoms with Gasteiger partial charge < -0.3 is 15.0 Å². The number of hydrogen-bond donors (Lipinski definition) is 2. The number of allylic oxidation sites excluding steroid dienone is 2. The molecule has 0 aliphatic rings.